The highest BCUT2D eigenvalue weighted by Gasteiger charge is 2.67. The van der Waals surface area contributed by atoms with E-state index in [0.29, 0.717) is 19.3 Å². The standard InChI is InChI=1S/C24H30O5/c1-22-8-4-15(25)12-14(22)13-16(21(27)28-3)20-17(22)5-9-23(2)18(20)6-10-24(23)11-7-19(26)29-24/h5,12,16,18,20H,4,6-11,13H2,1-3H3/t16-,18-,20-,22+,23-,24+/m1/s1. The van der Waals surface area contributed by atoms with E-state index in [1.54, 1.807) is 6.08 Å². The molecule has 0 bridgehead atoms. The van der Waals surface area contributed by atoms with Crippen LogP contribution in [-0.4, -0.2) is 30.4 Å². The van der Waals surface area contributed by atoms with Crippen LogP contribution in [0.3, 0.4) is 0 Å². The molecule has 1 saturated heterocycles. The van der Waals surface area contributed by atoms with Gasteiger partial charge in [0, 0.05) is 23.7 Å². The quantitative estimate of drug-likeness (QED) is 0.495. The summed E-state index contributed by atoms with van der Waals surface area (Å²) in [6, 6.07) is 0. The molecular formula is C24H30O5. The SMILES string of the molecule is COC(=O)[C@@H]1CC2=CC(=O)CC[C@]2(C)C2=CC[C@]3(C)[C@H](CC[C@]34CCC(=O)O4)[C@@H]21. The van der Waals surface area contributed by atoms with Crippen LogP contribution in [-0.2, 0) is 23.9 Å². The average Bonchev–Trinajstić information content (AvgIpc) is 3.22. The highest BCUT2D eigenvalue weighted by Crippen LogP contribution is 2.69. The summed E-state index contributed by atoms with van der Waals surface area (Å²) < 4.78 is 11.2. The van der Waals surface area contributed by atoms with Gasteiger partial charge in [0.15, 0.2) is 5.78 Å². The average molecular weight is 398 g/mol. The number of ether oxygens (including phenoxy) is 2. The molecule has 5 rings (SSSR count). The molecular weight excluding hydrogens is 368 g/mol. The van der Waals surface area contributed by atoms with Crippen LogP contribution in [0, 0.1) is 28.6 Å². The normalized spacial score (nSPS) is 45.7. The second-order valence-corrected chi connectivity index (χ2v) is 10.2. The Morgan fingerprint density at radius 2 is 1.97 bits per heavy atom. The number of rotatable bonds is 1. The first kappa shape index (κ1) is 19.1. The number of carbonyl (C=O) groups is 3. The van der Waals surface area contributed by atoms with Gasteiger partial charge in [-0.15, -0.1) is 0 Å². The summed E-state index contributed by atoms with van der Waals surface area (Å²) in [7, 11) is 1.46. The van der Waals surface area contributed by atoms with Gasteiger partial charge in [-0.25, -0.2) is 0 Å². The second kappa shape index (κ2) is 6.05. The number of fused-ring (bicyclic) bond motifs is 6. The van der Waals surface area contributed by atoms with Crippen LogP contribution in [0.5, 0.6) is 0 Å². The van der Waals surface area contributed by atoms with Gasteiger partial charge in [-0.1, -0.05) is 31.1 Å². The number of hydrogen-bond donors (Lipinski definition) is 0. The fourth-order valence-electron chi connectivity index (χ4n) is 7.53. The Morgan fingerprint density at radius 1 is 1.17 bits per heavy atom. The molecule has 0 aromatic carbocycles. The molecule has 6 atom stereocenters. The van der Waals surface area contributed by atoms with E-state index in [1.165, 1.54) is 12.7 Å². The third kappa shape index (κ3) is 2.36. The maximum absolute atomic E-state index is 12.9. The van der Waals surface area contributed by atoms with Crippen molar-refractivity contribution >= 4 is 17.7 Å². The zero-order chi connectivity index (χ0) is 20.6. The summed E-state index contributed by atoms with van der Waals surface area (Å²) in [5.74, 6) is 0.00356. The van der Waals surface area contributed by atoms with Gasteiger partial charge < -0.3 is 9.47 Å². The van der Waals surface area contributed by atoms with Crippen molar-refractivity contribution in [2.45, 2.75) is 70.8 Å². The summed E-state index contributed by atoms with van der Waals surface area (Å²) in [5, 5.41) is 0. The highest BCUT2D eigenvalue weighted by atomic mass is 16.6. The second-order valence-electron chi connectivity index (χ2n) is 10.2. The molecule has 1 aliphatic heterocycles. The fourth-order valence-corrected chi connectivity index (χ4v) is 7.53. The van der Waals surface area contributed by atoms with E-state index in [9.17, 15) is 14.4 Å². The number of ketones is 1. The minimum atomic E-state index is -0.392. The van der Waals surface area contributed by atoms with Gasteiger partial charge >= 0.3 is 11.9 Å². The number of esters is 2. The summed E-state index contributed by atoms with van der Waals surface area (Å²) in [6.07, 6.45) is 10.1. The van der Waals surface area contributed by atoms with Crippen LogP contribution in [0.2, 0.25) is 0 Å². The number of carbonyl (C=O) groups excluding carboxylic acids is 3. The van der Waals surface area contributed by atoms with Crippen molar-refractivity contribution in [2.24, 2.45) is 28.6 Å². The Hall–Kier alpha value is -1.91. The molecule has 4 aliphatic carbocycles. The van der Waals surface area contributed by atoms with Gasteiger partial charge in [0.05, 0.1) is 13.0 Å². The molecule has 0 N–H and O–H groups in total. The van der Waals surface area contributed by atoms with Crippen molar-refractivity contribution in [2.75, 3.05) is 7.11 Å². The largest absolute Gasteiger partial charge is 0.469 e. The molecule has 1 spiro atoms. The van der Waals surface area contributed by atoms with Crippen molar-refractivity contribution in [3.8, 4) is 0 Å². The van der Waals surface area contributed by atoms with Gasteiger partial charge in [-0.2, -0.15) is 0 Å². The molecule has 5 heteroatoms. The first-order chi connectivity index (χ1) is 13.7. The monoisotopic (exact) mass is 398 g/mol. The first-order valence-electron chi connectivity index (χ1n) is 11.0. The van der Waals surface area contributed by atoms with E-state index in [4.69, 9.17) is 9.47 Å². The Morgan fingerprint density at radius 3 is 2.66 bits per heavy atom. The smallest absolute Gasteiger partial charge is 0.309 e. The van der Waals surface area contributed by atoms with E-state index in [0.717, 1.165) is 37.7 Å². The molecule has 156 valence electrons. The van der Waals surface area contributed by atoms with Crippen molar-refractivity contribution < 1.29 is 23.9 Å². The lowest BCUT2D eigenvalue weighted by Gasteiger charge is -2.56. The number of hydrogen-bond acceptors (Lipinski definition) is 5. The van der Waals surface area contributed by atoms with E-state index < -0.39 is 5.60 Å². The number of methoxy groups -OCH3 is 1. The van der Waals surface area contributed by atoms with Crippen LogP contribution < -0.4 is 0 Å². The topological polar surface area (TPSA) is 69.7 Å². The molecule has 0 unspecified atom stereocenters. The van der Waals surface area contributed by atoms with Crippen molar-refractivity contribution in [1.29, 1.82) is 0 Å². The van der Waals surface area contributed by atoms with E-state index in [1.807, 2.05) is 0 Å². The lowest BCUT2D eigenvalue weighted by molar-refractivity contribution is -0.163. The third-order valence-electron chi connectivity index (χ3n) is 9.23. The maximum Gasteiger partial charge on any atom is 0.309 e. The van der Waals surface area contributed by atoms with Gasteiger partial charge in [-0.05, 0) is 56.4 Å². The van der Waals surface area contributed by atoms with Crippen molar-refractivity contribution in [3.05, 3.63) is 23.3 Å². The molecule has 0 aromatic heterocycles. The minimum Gasteiger partial charge on any atom is -0.469 e. The zero-order valence-electron chi connectivity index (χ0n) is 17.6. The lowest BCUT2D eigenvalue weighted by atomic mass is 9.48. The molecule has 0 aromatic rings. The maximum atomic E-state index is 12.9. The fraction of sp³-hybridized carbons (Fsp3) is 0.708. The van der Waals surface area contributed by atoms with Gasteiger partial charge in [0.1, 0.15) is 5.60 Å². The highest BCUT2D eigenvalue weighted by molar-refractivity contribution is 5.92. The van der Waals surface area contributed by atoms with Gasteiger partial charge in [-0.3, -0.25) is 14.4 Å². The summed E-state index contributed by atoms with van der Waals surface area (Å²) in [6.45, 7) is 4.52. The lowest BCUT2D eigenvalue weighted by Crippen LogP contribution is -2.53. The van der Waals surface area contributed by atoms with Crippen LogP contribution in [0.1, 0.15) is 65.2 Å². The van der Waals surface area contributed by atoms with Crippen LogP contribution in [0.4, 0.5) is 0 Å². The molecule has 1 heterocycles. The van der Waals surface area contributed by atoms with Crippen molar-refractivity contribution in [1.82, 2.24) is 0 Å². The van der Waals surface area contributed by atoms with E-state index in [-0.39, 0.29) is 46.3 Å². The van der Waals surface area contributed by atoms with Gasteiger partial charge in [0.2, 0.25) is 0 Å². The Bertz CT molecular complexity index is 868. The Labute approximate surface area is 171 Å². The molecule has 0 amide bonds. The molecule has 5 aliphatic rings. The van der Waals surface area contributed by atoms with Crippen LogP contribution >= 0.6 is 0 Å². The van der Waals surface area contributed by atoms with Crippen LogP contribution in [0.25, 0.3) is 0 Å². The summed E-state index contributed by atoms with van der Waals surface area (Å²) in [4.78, 5) is 37.1. The van der Waals surface area contributed by atoms with Gasteiger partial charge in [0.25, 0.3) is 0 Å². The van der Waals surface area contributed by atoms with E-state index in [2.05, 4.69) is 19.9 Å². The zero-order valence-corrected chi connectivity index (χ0v) is 17.6. The number of allylic oxidation sites excluding steroid dienone is 4. The Kier molecular flexibility index (Phi) is 3.98. The predicted molar refractivity (Wildman–Crippen MR) is 106 cm³/mol. The molecule has 0 radical (unpaired) electrons. The van der Waals surface area contributed by atoms with Crippen LogP contribution in [0.15, 0.2) is 23.3 Å². The predicted octanol–water partition coefficient (Wildman–Crippen LogP) is 3.91. The molecule has 5 nitrogen and oxygen atoms in total. The summed E-state index contributed by atoms with van der Waals surface area (Å²) in [5.41, 5.74) is 1.72. The summed E-state index contributed by atoms with van der Waals surface area (Å²) >= 11 is 0. The van der Waals surface area contributed by atoms with E-state index >= 15 is 0 Å². The molecule has 3 fully saturated rings. The Balaban J connectivity index is 1.63. The molecule has 29 heavy (non-hydrogen) atoms. The minimum absolute atomic E-state index is 0.0854. The van der Waals surface area contributed by atoms with Crippen molar-refractivity contribution in [3.63, 3.8) is 0 Å². The molecule has 2 saturated carbocycles. The third-order valence-corrected chi connectivity index (χ3v) is 9.23. The first-order valence-corrected chi connectivity index (χ1v) is 11.0.